The van der Waals surface area contributed by atoms with Gasteiger partial charge in [-0.25, -0.2) is 0 Å². The van der Waals surface area contributed by atoms with Gasteiger partial charge in [-0.3, -0.25) is 0 Å². The predicted molar refractivity (Wildman–Crippen MR) is 149 cm³/mol. The third kappa shape index (κ3) is 31.4. The Morgan fingerprint density at radius 2 is 0.773 bits per heavy atom. The zero-order valence-corrected chi connectivity index (χ0v) is 26.7. The number of hydrogen-bond donors (Lipinski definition) is 4. The number of carboxylic acid groups (broad SMARTS) is 2. The minimum absolute atomic E-state index is 0. The van der Waals surface area contributed by atoms with Gasteiger partial charge in [0.25, 0.3) is 0 Å². The Kier molecular flexibility index (Phi) is 46.1. The summed E-state index contributed by atoms with van der Waals surface area (Å²) in [5.41, 5.74) is 2.55. The Hall–Kier alpha value is -1.98. The maximum Gasteiger partial charge on any atom is 2.00 e. The van der Waals surface area contributed by atoms with Gasteiger partial charge in [0.2, 0.25) is 0 Å². The summed E-state index contributed by atoms with van der Waals surface area (Å²) in [5, 5.41) is 74.4. The molecule has 0 aliphatic rings. The number of aliphatic hydroxyl groups excluding tert-OH is 4. The van der Waals surface area contributed by atoms with Gasteiger partial charge in [0.05, 0.1) is 38.4 Å². The third-order valence-corrected chi connectivity index (χ3v) is 5.05. The van der Waals surface area contributed by atoms with E-state index in [1.54, 1.807) is 34.1 Å². The van der Waals surface area contributed by atoms with E-state index in [4.69, 9.17) is 20.4 Å². The Labute approximate surface area is 280 Å². The molecule has 0 aliphatic carbocycles. The summed E-state index contributed by atoms with van der Waals surface area (Å²) in [6.45, 7) is 6.32. The van der Waals surface area contributed by atoms with Crippen molar-refractivity contribution in [3.05, 3.63) is 70.8 Å². The van der Waals surface area contributed by atoms with E-state index in [1.165, 1.54) is 24.3 Å². The molecule has 0 saturated heterocycles. The molecule has 0 spiro atoms. The minimum Gasteiger partial charge on any atom is -0.854 e. The molecule has 262 valence electrons. The number of carbonyl (C=O) groups excluding carboxylic acids is 2. The summed E-state index contributed by atoms with van der Waals surface area (Å²) < 4.78 is 0. The SMILES string of the molecule is Cc1ccc(C(=O)[O-])cc1.Cc1ccc(C(=O)[O-])cc1.O.O.[Cu+2].[Cu+2].[O-]CCN(CCO)CCO.[O-]CCN(CCO)CCO. The summed E-state index contributed by atoms with van der Waals surface area (Å²) >= 11 is 0. The first-order valence-corrected chi connectivity index (χ1v) is 12.7. The number of hydrogen-bond acceptors (Lipinski definition) is 12. The van der Waals surface area contributed by atoms with Gasteiger partial charge in [0.15, 0.2) is 0 Å². The van der Waals surface area contributed by atoms with E-state index in [-0.39, 0.29) is 95.9 Å². The number of rotatable bonds is 14. The normalized spacial score (nSPS) is 9.14. The smallest absolute Gasteiger partial charge is 0.854 e. The van der Waals surface area contributed by atoms with Crippen LogP contribution >= 0.6 is 0 Å². The Morgan fingerprint density at radius 1 is 0.545 bits per heavy atom. The molecule has 2 radical (unpaired) electrons. The van der Waals surface area contributed by atoms with Gasteiger partial charge < -0.3 is 71.2 Å². The number of nitrogens with zero attached hydrogens (tertiary/aromatic N) is 2. The molecule has 0 aromatic heterocycles. The molecule has 14 nitrogen and oxygen atoms in total. The molecular weight excluding hydrogens is 683 g/mol. The van der Waals surface area contributed by atoms with Crippen LogP contribution in [-0.2, 0) is 34.1 Å². The summed E-state index contributed by atoms with van der Waals surface area (Å²) in [6.07, 6.45) is 0. The van der Waals surface area contributed by atoms with Crippen LogP contribution in [0.4, 0.5) is 0 Å². The van der Waals surface area contributed by atoms with Crippen LogP contribution in [0.5, 0.6) is 0 Å². The van der Waals surface area contributed by atoms with Crippen molar-refractivity contribution in [2.24, 2.45) is 0 Å². The fraction of sp³-hybridized carbons (Fsp3) is 0.500. The van der Waals surface area contributed by atoms with E-state index in [0.29, 0.717) is 39.3 Å². The third-order valence-electron chi connectivity index (χ3n) is 5.05. The largest absolute Gasteiger partial charge is 2.00 e. The second-order valence-corrected chi connectivity index (χ2v) is 8.29. The van der Waals surface area contributed by atoms with Crippen LogP contribution in [0.1, 0.15) is 31.8 Å². The van der Waals surface area contributed by atoms with E-state index >= 15 is 0 Å². The van der Waals surface area contributed by atoms with Crippen LogP contribution in [-0.4, -0.2) is 132 Å². The fourth-order valence-electron chi connectivity index (χ4n) is 2.87. The van der Waals surface area contributed by atoms with E-state index in [9.17, 15) is 30.0 Å². The summed E-state index contributed by atoms with van der Waals surface area (Å²) in [7, 11) is 0. The van der Waals surface area contributed by atoms with Gasteiger partial charge >= 0.3 is 34.1 Å². The second kappa shape index (κ2) is 37.2. The molecule has 0 unspecified atom stereocenters. The van der Waals surface area contributed by atoms with Gasteiger partial charge in [0, 0.05) is 26.2 Å². The van der Waals surface area contributed by atoms with Gasteiger partial charge in [-0.2, -0.15) is 0 Å². The topological polar surface area (TPSA) is 277 Å². The molecule has 0 heterocycles. The molecule has 2 rings (SSSR count). The summed E-state index contributed by atoms with van der Waals surface area (Å²) in [5.74, 6) is -2.25. The second-order valence-electron chi connectivity index (χ2n) is 8.29. The predicted octanol–water partition coefficient (Wildman–Crippen LogP) is -5.67. The molecule has 16 heteroatoms. The van der Waals surface area contributed by atoms with Crippen molar-refractivity contribution in [2.45, 2.75) is 13.8 Å². The van der Waals surface area contributed by atoms with E-state index < -0.39 is 11.9 Å². The maximum atomic E-state index is 10.2. The van der Waals surface area contributed by atoms with E-state index in [2.05, 4.69) is 0 Å². The Bertz CT molecular complexity index is 793. The van der Waals surface area contributed by atoms with Crippen LogP contribution in [0.15, 0.2) is 48.5 Å². The molecule has 0 fully saturated rings. The van der Waals surface area contributed by atoms with Crippen LogP contribution in [0.2, 0.25) is 0 Å². The molecule has 0 amide bonds. The molecule has 0 bridgehead atoms. The van der Waals surface area contributed by atoms with E-state index in [0.717, 1.165) is 11.1 Å². The number of aromatic carboxylic acids is 2. The summed E-state index contributed by atoms with van der Waals surface area (Å²) in [6, 6.07) is 13.1. The fourth-order valence-corrected chi connectivity index (χ4v) is 2.87. The van der Waals surface area contributed by atoms with Crippen LogP contribution in [0.3, 0.4) is 0 Å². The van der Waals surface area contributed by atoms with Crippen molar-refractivity contribution in [2.75, 3.05) is 78.9 Å². The molecule has 2 aromatic carbocycles. The molecule has 0 aliphatic heterocycles. The minimum atomic E-state index is -1.12. The Morgan fingerprint density at radius 3 is 0.932 bits per heavy atom. The molecule has 0 atom stereocenters. The number of carboxylic acids is 2. The molecule has 2 aromatic rings. The van der Waals surface area contributed by atoms with E-state index in [1.807, 2.05) is 13.8 Å². The standard InChI is InChI=1S/2C8H8O2.2C6H14NO3.2Cu.2H2O/c2*1-6-2-4-7(5-3-6)8(9)10;2*8-4-1-7(2-5-9)3-6-10;;;;/h2*2-5H,1H3,(H,9,10);2*8-9H,1-6H2;;;2*1H2/q;;2*-1;2*+2;;/p-2. The van der Waals surface area contributed by atoms with Crippen LogP contribution < -0.4 is 20.4 Å². The van der Waals surface area contributed by atoms with Crippen molar-refractivity contribution in [1.82, 2.24) is 9.80 Å². The summed E-state index contributed by atoms with van der Waals surface area (Å²) in [4.78, 5) is 23.9. The maximum absolute atomic E-state index is 10.2. The van der Waals surface area contributed by atoms with Gasteiger partial charge in [0.1, 0.15) is 0 Å². The van der Waals surface area contributed by atoms with Crippen molar-refractivity contribution < 1.29 is 95.5 Å². The first-order valence-electron chi connectivity index (χ1n) is 12.7. The monoisotopic (exact) mass is 728 g/mol. The first-order chi connectivity index (χ1) is 19.1. The molecule has 8 N–H and O–H groups in total. The van der Waals surface area contributed by atoms with Crippen LogP contribution in [0, 0.1) is 13.8 Å². The number of carbonyl (C=O) groups is 2. The van der Waals surface area contributed by atoms with Crippen LogP contribution in [0.25, 0.3) is 0 Å². The Balaban J connectivity index is -0.000000106. The van der Waals surface area contributed by atoms with Crippen molar-refractivity contribution in [3.8, 4) is 0 Å². The van der Waals surface area contributed by atoms with Gasteiger partial charge in [-0.05, 0) is 38.1 Å². The first kappa shape index (κ1) is 54.5. The van der Waals surface area contributed by atoms with Gasteiger partial charge in [-0.15, -0.1) is 13.2 Å². The molecular formula is C28H46Cu2N2O12. The number of aryl methyl sites for hydroxylation is 2. The average molecular weight is 730 g/mol. The van der Waals surface area contributed by atoms with Crippen molar-refractivity contribution >= 4 is 11.9 Å². The number of benzene rings is 2. The zero-order valence-electron chi connectivity index (χ0n) is 24.8. The van der Waals surface area contributed by atoms with Crippen molar-refractivity contribution in [3.63, 3.8) is 0 Å². The van der Waals surface area contributed by atoms with Gasteiger partial charge in [-0.1, -0.05) is 59.7 Å². The zero-order chi connectivity index (χ0) is 30.8. The molecule has 0 saturated carbocycles. The quantitative estimate of drug-likeness (QED) is 0.133. The average Bonchev–Trinajstić information content (AvgIpc) is 2.91. The number of aliphatic hydroxyl groups is 4. The molecule has 44 heavy (non-hydrogen) atoms. The van der Waals surface area contributed by atoms with Crippen molar-refractivity contribution in [1.29, 1.82) is 0 Å².